The van der Waals surface area contributed by atoms with Gasteiger partial charge in [-0.05, 0) is 31.3 Å². The van der Waals surface area contributed by atoms with Gasteiger partial charge in [0.2, 0.25) is 11.9 Å². The van der Waals surface area contributed by atoms with Crippen LogP contribution in [0.25, 0.3) is 22.2 Å². The van der Waals surface area contributed by atoms with E-state index in [4.69, 9.17) is 4.74 Å². The number of aromatic nitrogens is 3. The highest BCUT2D eigenvalue weighted by Gasteiger charge is 2.19. The first-order valence-corrected chi connectivity index (χ1v) is 11.9. The van der Waals surface area contributed by atoms with E-state index in [1.54, 1.807) is 26.4 Å². The van der Waals surface area contributed by atoms with Gasteiger partial charge in [0.1, 0.15) is 0 Å². The Balaban J connectivity index is 1.76. The molecule has 4 aromatic rings. The smallest absolute Gasteiger partial charge is 0.387 e. The first kappa shape index (κ1) is 26.6. The van der Waals surface area contributed by atoms with Crippen molar-refractivity contribution in [1.29, 1.82) is 0 Å². The summed E-state index contributed by atoms with van der Waals surface area (Å²) in [7, 11) is 5.54. The summed E-state index contributed by atoms with van der Waals surface area (Å²) in [6.07, 6.45) is 4.69. The summed E-state index contributed by atoms with van der Waals surface area (Å²) in [5.41, 5.74) is 3.62. The third kappa shape index (κ3) is 5.89. The van der Waals surface area contributed by atoms with E-state index in [9.17, 15) is 13.6 Å². The summed E-state index contributed by atoms with van der Waals surface area (Å²) < 4.78 is 33.6. The summed E-state index contributed by atoms with van der Waals surface area (Å²) in [6.45, 7) is 1.60. The molecule has 11 heteroatoms. The van der Waals surface area contributed by atoms with E-state index in [0.717, 1.165) is 22.5 Å². The number of para-hydroxylation sites is 1. The third-order valence-corrected chi connectivity index (χ3v) is 5.94. The molecular weight excluding hydrogens is 492 g/mol. The van der Waals surface area contributed by atoms with Gasteiger partial charge in [-0.1, -0.05) is 24.8 Å². The number of halogens is 2. The normalized spacial score (nSPS) is 11.0. The monoisotopic (exact) mass is 521 g/mol. The molecule has 0 saturated carbocycles. The van der Waals surface area contributed by atoms with Gasteiger partial charge in [0.05, 0.1) is 22.8 Å². The molecule has 0 saturated heterocycles. The highest BCUT2D eigenvalue weighted by Crippen LogP contribution is 2.39. The summed E-state index contributed by atoms with van der Waals surface area (Å²) in [5.74, 6) is -0.398. The Morgan fingerprint density at radius 2 is 2.03 bits per heavy atom. The zero-order valence-corrected chi connectivity index (χ0v) is 21.3. The molecule has 0 aliphatic rings. The van der Waals surface area contributed by atoms with Gasteiger partial charge < -0.3 is 30.2 Å². The van der Waals surface area contributed by atoms with Crippen molar-refractivity contribution in [3.8, 4) is 17.0 Å². The molecule has 198 valence electrons. The van der Waals surface area contributed by atoms with Crippen molar-refractivity contribution in [2.75, 3.05) is 42.7 Å². The molecule has 0 unspecified atom stereocenters. The van der Waals surface area contributed by atoms with Crippen molar-refractivity contribution in [2.45, 2.75) is 6.61 Å². The number of benzene rings is 2. The maximum absolute atomic E-state index is 13.4. The number of likely N-dealkylation sites (N-methyl/N-ethyl adjacent to an activating group) is 2. The molecule has 3 N–H and O–H groups in total. The topological polar surface area (TPSA) is 96.3 Å². The second-order valence-corrected chi connectivity index (χ2v) is 8.52. The summed E-state index contributed by atoms with van der Waals surface area (Å²) in [4.78, 5) is 22.9. The fourth-order valence-electron chi connectivity index (χ4n) is 4.10. The Bertz CT molecular complexity index is 1450. The predicted octanol–water partition coefficient (Wildman–Crippen LogP) is 4.76. The lowest BCUT2D eigenvalue weighted by Crippen LogP contribution is -2.28. The minimum absolute atomic E-state index is 0.123. The predicted molar refractivity (Wildman–Crippen MR) is 146 cm³/mol. The number of alkyl halides is 2. The zero-order valence-electron chi connectivity index (χ0n) is 21.3. The number of anilines is 4. The number of carbonyl (C=O) groups is 1. The van der Waals surface area contributed by atoms with Crippen LogP contribution < -0.4 is 25.6 Å². The molecule has 2 aromatic carbocycles. The summed E-state index contributed by atoms with van der Waals surface area (Å²) in [5, 5.41) is 9.78. The van der Waals surface area contributed by atoms with Crippen LogP contribution in [0.1, 0.15) is 0 Å². The first-order chi connectivity index (χ1) is 18.3. The highest BCUT2D eigenvalue weighted by atomic mass is 19.3. The number of carbonyl (C=O) groups excluding carboxylic acids is 1. The number of hydrogen-bond acceptors (Lipinski definition) is 7. The number of nitrogens with one attached hydrogen (secondary N) is 3. The third-order valence-electron chi connectivity index (χ3n) is 5.94. The van der Waals surface area contributed by atoms with E-state index in [2.05, 4.69) is 32.5 Å². The minimum Gasteiger partial charge on any atom is -0.433 e. The molecule has 0 atom stereocenters. The Morgan fingerprint density at radius 1 is 1.24 bits per heavy atom. The molecule has 0 radical (unpaired) electrons. The van der Waals surface area contributed by atoms with Crippen LogP contribution in [0.4, 0.5) is 31.8 Å². The molecule has 2 heterocycles. The van der Waals surface area contributed by atoms with Crippen LogP contribution in [0.15, 0.2) is 67.5 Å². The zero-order chi connectivity index (χ0) is 27.2. The van der Waals surface area contributed by atoms with Gasteiger partial charge in [0.25, 0.3) is 0 Å². The average Bonchev–Trinajstić information content (AvgIpc) is 3.25. The van der Waals surface area contributed by atoms with Gasteiger partial charge in [0, 0.05) is 62.1 Å². The number of rotatable bonds is 11. The number of nitrogens with zero attached hydrogens (tertiary/aromatic N) is 4. The molecule has 0 spiro atoms. The van der Waals surface area contributed by atoms with Crippen LogP contribution in [0.2, 0.25) is 0 Å². The van der Waals surface area contributed by atoms with Crippen molar-refractivity contribution in [3.63, 3.8) is 0 Å². The van der Waals surface area contributed by atoms with E-state index in [-0.39, 0.29) is 17.4 Å². The summed E-state index contributed by atoms with van der Waals surface area (Å²) >= 11 is 0. The van der Waals surface area contributed by atoms with Crippen LogP contribution in [-0.2, 0) is 11.8 Å². The van der Waals surface area contributed by atoms with Gasteiger partial charge in [0.15, 0.2) is 5.75 Å². The van der Waals surface area contributed by atoms with E-state index < -0.39 is 12.5 Å². The SMILES string of the molecule is C=CC(=O)Nc1cc(Nc2nccc(-c3cn(C)c4ccccc34)n2)c(OC(F)F)cc1N(C)CCNC. The quantitative estimate of drug-likeness (QED) is 0.245. The lowest BCUT2D eigenvalue weighted by atomic mass is 10.1. The van der Waals surface area contributed by atoms with E-state index >= 15 is 0 Å². The maximum Gasteiger partial charge on any atom is 0.387 e. The second-order valence-electron chi connectivity index (χ2n) is 8.52. The Kier molecular flexibility index (Phi) is 8.17. The number of ether oxygens (including phenoxy) is 1. The van der Waals surface area contributed by atoms with Gasteiger partial charge in [-0.25, -0.2) is 9.97 Å². The van der Waals surface area contributed by atoms with Crippen molar-refractivity contribution in [2.24, 2.45) is 7.05 Å². The number of aryl methyl sites for hydroxylation is 1. The van der Waals surface area contributed by atoms with E-state index in [1.165, 1.54) is 12.1 Å². The number of amides is 1. The van der Waals surface area contributed by atoms with Crippen molar-refractivity contribution in [3.05, 3.63) is 67.5 Å². The fourth-order valence-corrected chi connectivity index (χ4v) is 4.10. The molecule has 38 heavy (non-hydrogen) atoms. The Labute approximate surface area is 219 Å². The van der Waals surface area contributed by atoms with E-state index in [0.29, 0.717) is 30.2 Å². The fraction of sp³-hybridized carbons (Fsp3) is 0.222. The van der Waals surface area contributed by atoms with E-state index in [1.807, 2.05) is 47.0 Å². The molecule has 4 rings (SSSR count). The number of fused-ring (bicyclic) bond motifs is 1. The molecule has 2 aromatic heterocycles. The van der Waals surface area contributed by atoms with Crippen LogP contribution in [-0.4, -0.2) is 54.2 Å². The molecule has 0 aliphatic carbocycles. The van der Waals surface area contributed by atoms with Crippen molar-refractivity contribution >= 4 is 39.8 Å². The van der Waals surface area contributed by atoms with Gasteiger partial charge in [-0.3, -0.25) is 4.79 Å². The van der Waals surface area contributed by atoms with Crippen molar-refractivity contribution in [1.82, 2.24) is 19.9 Å². The molecule has 9 nitrogen and oxygen atoms in total. The Hall–Kier alpha value is -4.51. The molecule has 0 aliphatic heterocycles. The maximum atomic E-state index is 13.4. The Morgan fingerprint density at radius 3 is 2.76 bits per heavy atom. The molecular formula is C27H29F2N7O2. The van der Waals surface area contributed by atoms with Crippen LogP contribution in [0.5, 0.6) is 5.75 Å². The average molecular weight is 522 g/mol. The number of hydrogen-bond donors (Lipinski definition) is 3. The van der Waals surface area contributed by atoms with Crippen LogP contribution >= 0.6 is 0 Å². The molecule has 0 bridgehead atoms. The van der Waals surface area contributed by atoms with Crippen LogP contribution in [0, 0.1) is 0 Å². The lowest BCUT2D eigenvalue weighted by Gasteiger charge is -2.25. The highest BCUT2D eigenvalue weighted by molar-refractivity contribution is 6.02. The van der Waals surface area contributed by atoms with Gasteiger partial charge >= 0.3 is 6.61 Å². The van der Waals surface area contributed by atoms with Gasteiger partial charge in [-0.2, -0.15) is 8.78 Å². The summed E-state index contributed by atoms with van der Waals surface area (Å²) in [6, 6.07) is 12.7. The standard InChI is InChI=1S/C27H29F2N7O2/c1-5-25(37)32-20-14-21(24(38-26(28)29)15-23(20)35(3)13-12-30-2)34-27-31-11-10-19(33-27)18-16-36(4)22-9-7-6-8-17(18)22/h5-11,14-16,26,30H,1,12-13H2,2-4H3,(H,32,37)(H,31,33,34). The first-order valence-electron chi connectivity index (χ1n) is 11.9. The van der Waals surface area contributed by atoms with Crippen LogP contribution in [0.3, 0.4) is 0 Å². The second kappa shape index (κ2) is 11.7. The molecule has 0 fully saturated rings. The minimum atomic E-state index is -3.07. The van der Waals surface area contributed by atoms with Gasteiger partial charge in [-0.15, -0.1) is 0 Å². The molecule has 1 amide bonds. The lowest BCUT2D eigenvalue weighted by molar-refractivity contribution is -0.111. The largest absolute Gasteiger partial charge is 0.433 e. The van der Waals surface area contributed by atoms with Crippen molar-refractivity contribution < 1.29 is 18.3 Å².